The Balaban J connectivity index is 2.92. The van der Waals surface area contributed by atoms with Crippen molar-refractivity contribution in [3.63, 3.8) is 0 Å². The molecule has 0 aliphatic heterocycles. The third-order valence-electron chi connectivity index (χ3n) is 2.23. The molecule has 0 bridgehead atoms. The summed E-state index contributed by atoms with van der Waals surface area (Å²) in [5, 5.41) is 9.21. The maximum absolute atomic E-state index is 9.21. The molecule has 0 aromatic carbocycles. The molecule has 1 N–H and O–H groups in total. The maximum Gasteiger partial charge on any atom is 0.0717 e. The molecule has 1 rings (SSSR count). The molecule has 1 aromatic heterocycles. The van der Waals surface area contributed by atoms with E-state index in [0.717, 1.165) is 30.8 Å². The van der Waals surface area contributed by atoms with Gasteiger partial charge in [0.1, 0.15) is 0 Å². The zero-order valence-electron chi connectivity index (χ0n) is 9.19. The first kappa shape index (κ1) is 11.7. The quantitative estimate of drug-likeness (QED) is 0.723. The van der Waals surface area contributed by atoms with E-state index in [4.69, 9.17) is 0 Å². The van der Waals surface area contributed by atoms with Gasteiger partial charge in [0.05, 0.1) is 6.61 Å². The van der Waals surface area contributed by atoms with Crippen LogP contribution in [0.25, 0.3) is 0 Å². The highest BCUT2D eigenvalue weighted by molar-refractivity contribution is 5.52. The first-order chi connectivity index (χ1) is 7.33. The lowest BCUT2D eigenvalue weighted by molar-refractivity contribution is 0.281. The molecule has 1 aromatic rings. The molecule has 0 saturated heterocycles. The first-order valence-corrected chi connectivity index (χ1v) is 5.23. The first-order valence-electron chi connectivity index (χ1n) is 5.23. The van der Waals surface area contributed by atoms with Crippen molar-refractivity contribution in [3.05, 3.63) is 36.7 Å². The molecule has 0 saturated carbocycles. The summed E-state index contributed by atoms with van der Waals surface area (Å²) in [6.45, 7) is 7.66. The van der Waals surface area contributed by atoms with Gasteiger partial charge in [-0.05, 0) is 12.5 Å². The minimum Gasteiger partial charge on any atom is -0.392 e. The molecule has 0 atom stereocenters. The average molecular weight is 206 g/mol. The van der Waals surface area contributed by atoms with Crippen molar-refractivity contribution in [2.75, 3.05) is 18.0 Å². The smallest absolute Gasteiger partial charge is 0.0717 e. The third-order valence-corrected chi connectivity index (χ3v) is 2.23. The Morgan fingerprint density at radius 3 is 3.00 bits per heavy atom. The third kappa shape index (κ3) is 3.06. The normalized spacial score (nSPS) is 10.0. The fourth-order valence-corrected chi connectivity index (χ4v) is 1.59. The molecule has 15 heavy (non-hydrogen) atoms. The Morgan fingerprint density at radius 2 is 2.40 bits per heavy atom. The summed E-state index contributed by atoms with van der Waals surface area (Å²) in [6.07, 6.45) is 6.40. The molecule has 3 nitrogen and oxygen atoms in total. The number of rotatable bonds is 6. The predicted octanol–water partition coefficient (Wildman–Crippen LogP) is 1.98. The van der Waals surface area contributed by atoms with Crippen molar-refractivity contribution >= 4 is 5.69 Å². The number of aliphatic hydroxyl groups is 1. The summed E-state index contributed by atoms with van der Waals surface area (Å²) in [6, 6.07) is 1.94. The van der Waals surface area contributed by atoms with Crippen molar-refractivity contribution in [1.82, 2.24) is 4.98 Å². The van der Waals surface area contributed by atoms with E-state index in [1.54, 1.807) is 12.4 Å². The molecule has 0 spiro atoms. The van der Waals surface area contributed by atoms with Crippen LogP contribution in [0.4, 0.5) is 5.69 Å². The lowest BCUT2D eigenvalue weighted by atomic mass is 10.2. The van der Waals surface area contributed by atoms with Crippen LogP contribution in [-0.2, 0) is 6.61 Å². The number of aliphatic hydroxyl groups excluding tert-OH is 1. The fourth-order valence-electron chi connectivity index (χ4n) is 1.59. The zero-order valence-corrected chi connectivity index (χ0v) is 9.19. The van der Waals surface area contributed by atoms with Gasteiger partial charge in [0.25, 0.3) is 0 Å². The monoisotopic (exact) mass is 206 g/mol. The Bertz CT molecular complexity index is 312. The molecule has 0 amide bonds. The van der Waals surface area contributed by atoms with E-state index >= 15 is 0 Å². The summed E-state index contributed by atoms with van der Waals surface area (Å²) in [7, 11) is 0. The van der Waals surface area contributed by atoms with Crippen LogP contribution in [0.15, 0.2) is 31.1 Å². The molecule has 0 unspecified atom stereocenters. The lowest BCUT2D eigenvalue weighted by Crippen LogP contribution is -2.25. The van der Waals surface area contributed by atoms with Crippen molar-refractivity contribution in [1.29, 1.82) is 0 Å². The van der Waals surface area contributed by atoms with Crippen LogP contribution >= 0.6 is 0 Å². The van der Waals surface area contributed by atoms with Gasteiger partial charge in [-0.15, -0.1) is 6.58 Å². The van der Waals surface area contributed by atoms with Crippen LogP contribution in [0.2, 0.25) is 0 Å². The van der Waals surface area contributed by atoms with E-state index in [-0.39, 0.29) is 6.61 Å². The highest BCUT2D eigenvalue weighted by Crippen LogP contribution is 2.19. The largest absolute Gasteiger partial charge is 0.392 e. The molecule has 0 aliphatic carbocycles. The second-order valence-electron chi connectivity index (χ2n) is 3.40. The van der Waals surface area contributed by atoms with Crippen molar-refractivity contribution < 1.29 is 5.11 Å². The summed E-state index contributed by atoms with van der Waals surface area (Å²) < 4.78 is 0. The number of nitrogens with zero attached hydrogens (tertiary/aromatic N) is 2. The Hall–Kier alpha value is -1.35. The molecule has 82 valence electrons. The SMILES string of the molecule is C=CCN(CCC)c1ccncc1CO. The average Bonchev–Trinajstić information content (AvgIpc) is 2.29. The molecule has 0 aliphatic rings. The fraction of sp³-hybridized carbons (Fsp3) is 0.417. The van der Waals surface area contributed by atoms with Crippen LogP contribution in [0, 0.1) is 0 Å². The summed E-state index contributed by atoms with van der Waals surface area (Å²) in [4.78, 5) is 6.20. The Morgan fingerprint density at radius 1 is 1.60 bits per heavy atom. The lowest BCUT2D eigenvalue weighted by Gasteiger charge is -2.24. The van der Waals surface area contributed by atoms with Gasteiger partial charge in [-0.25, -0.2) is 0 Å². The molecular weight excluding hydrogens is 188 g/mol. The van der Waals surface area contributed by atoms with E-state index in [1.165, 1.54) is 0 Å². The number of hydrogen-bond acceptors (Lipinski definition) is 3. The molecule has 0 fully saturated rings. The zero-order chi connectivity index (χ0) is 11.1. The Kier molecular flexibility index (Phi) is 4.84. The van der Waals surface area contributed by atoms with Gasteiger partial charge in [-0.2, -0.15) is 0 Å². The van der Waals surface area contributed by atoms with Gasteiger partial charge in [0.15, 0.2) is 0 Å². The molecule has 3 heteroatoms. The van der Waals surface area contributed by atoms with E-state index < -0.39 is 0 Å². The second kappa shape index (κ2) is 6.19. The Labute approximate surface area is 91.1 Å². The van der Waals surface area contributed by atoms with Gasteiger partial charge >= 0.3 is 0 Å². The van der Waals surface area contributed by atoms with Gasteiger partial charge in [-0.3, -0.25) is 4.98 Å². The van der Waals surface area contributed by atoms with Crippen molar-refractivity contribution in [3.8, 4) is 0 Å². The van der Waals surface area contributed by atoms with Crippen LogP contribution in [0.3, 0.4) is 0 Å². The van der Waals surface area contributed by atoms with Crippen molar-refractivity contribution in [2.24, 2.45) is 0 Å². The summed E-state index contributed by atoms with van der Waals surface area (Å²) in [5.74, 6) is 0. The van der Waals surface area contributed by atoms with E-state index in [1.807, 2.05) is 12.1 Å². The molecule has 0 radical (unpaired) electrons. The predicted molar refractivity (Wildman–Crippen MR) is 62.9 cm³/mol. The second-order valence-corrected chi connectivity index (χ2v) is 3.40. The topological polar surface area (TPSA) is 36.4 Å². The number of pyridine rings is 1. The van der Waals surface area contributed by atoms with Crippen LogP contribution in [0.5, 0.6) is 0 Å². The van der Waals surface area contributed by atoms with Gasteiger partial charge in [0, 0.05) is 36.7 Å². The maximum atomic E-state index is 9.21. The van der Waals surface area contributed by atoms with Gasteiger partial charge in [-0.1, -0.05) is 13.0 Å². The number of aromatic nitrogens is 1. The highest BCUT2D eigenvalue weighted by Gasteiger charge is 2.08. The van der Waals surface area contributed by atoms with E-state index in [2.05, 4.69) is 23.4 Å². The van der Waals surface area contributed by atoms with Crippen molar-refractivity contribution in [2.45, 2.75) is 20.0 Å². The molecule has 1 heterocycles. The van der Waals surface area contributed by atoms with Gasteiger partial charge < -0.3 is 10.0 Å². The molecular formula is C12H18N2O. The van der Waals surface area contributed by atoms with Crippen LogP contribution in [-0.4, -0.2) is 23.2 Å². The highest BCUT2D eigenvalue weighted by atomic mass is 16.3. The van der Waals surface area contributed by atoms with E-state index in [0.29, 0.717) is 0 Å². The summed E-state index contributed by atoms with van der Waals surface area (Å²) >= 11 is 0. The summed E-state index contributed by atoms with van der Waals surface area (Å²) in [5.41, 5.74) is 1.92. The van der Waals surface area contributed by atoms with Crippen LogP contribution < -0.4 is 4.90 Å². The minimum absolute atomic E-state index is 0.0283. The van der Waals surface area contributed by atoms with E-state index in [9.17, 15) is 5.11 Å². The standard InChI is InChI=1S/C12H18N2O/c1-3-7-14(8-4-2)12-5-6-13-9-11(12)10-15/h3,5-6,9,15H,1,4,7-8,10H2,2H3. The van der Waals surface area contributed by atoms with Gasteiger partial charge in [0.2, 0.25) is 0 Å². The number of hydrogen-bond donors (Lipinski definition) is 1. The van der Waals surface area contributed by atoms with Crippen LogP contribution in [0.1, 0.15) is 18.9 Å². The minimum atomic E-state index is 0.0283. The number of anilines is 1.